The Morgan fingerprint density at radius 1 is 0.710 bits per heavy atom. The van der Waals surface area contributed by atoms with Gasteiger partial charge in [0, 0.05) is 29.5 Å². The van der Waals surface area contributed by atoms with Crippen LogP contribution < -0.4 is 5.43 Å². The molecule has 1 aliphatic carbocycles. The molecule has 4 aromatic carbocycles. The Hall–Kier alpha value is -3.85. The minimum atomic E-state index is -0.0180. The predicted octanol–water partition coefficient (Wildman–Crippen LogP) is 6.45. The molecule has 5 aromatic rings. The van der Waals surface area contributed by atoms with Crippen LogP contribution in [0.5, 0.6) is 0 Å². The van der Waals surface area contributed by atoms with Crippen molar-refractivity contribution < 1.29 is 4.79 Å². The Balaban J connectivity index is 1.53. The number of benzene rings is 4. The Morgan fingerprint density at radius 2 is 1.42 bits per heavy atom. The van der Waals surface area contributed by atoms with Gasteiger partial charge >= 0.3 is 0 Å². The van der Waals surface area contributed by atoms with E-state index in [1.165, 1.54) is 21.7 Å². The number of nitrogens with one attached hydrogen (secondary N) is 1. The Morgan fingerprint density at radius 3 is 2.35 bits per heavy atom. The molecule has 2 atom stereocenters. The molecule has 3 nitrogen and oxygen atoms in total. The molecule has 0 saturated carbocycles. The zero-order chi connectivity index (χ0) is 20.8. The first-order valence-corrected chi connectivity index (χ1v) is 10.7. The first-order chi connectivity index (χ1) is 15.3. The van der Waals surface area contributed by atoms with Crippen LogP contribution in [0.4, 0.5) is 0 Å². The lowest BCUT2D eigenvalue weighted by molar-refractivity contribution is 0.0958. The predicted molar refractivity (Wildman–Crippen MR) is 126 cm³/mol. The van der Waals surface area contributed by atoms with E-state index in [1.54, 1.807) is 0 Å². The van der Waals surface area contributed by atoms with Crippen LogP contribution in [-0.2, 0) is 0 Å². The molecule has 0 radical (unpaired) electrons. The van der Waals surface area contributed by atoms with Crippen LogP contribution in [-0.4, -0.2) is 10.5 Å². The highest BCUT2D eigenvalue weighted by Crippen LogP contribution is 2.43. The van der Waals surface area contributed by atoms with Crippen LogP contribution in [0, 0.1) is 0 Å². The van der Waals surface area contributed by atoms with Gasteiger partial charge in [-0.3, -0.25) is 9.47 Å². The topological polar surface area (TPSA) is 34.0 Å². The van der Waals surface area contributed by atoms with Crippen LogP contribution in [0.3, 0.4) is 0 Å². The van der Waals surface area contributed by atoms with Gasteiger partial charge in [-0.25, -0.2) is 0 Å². The third kappa shape index (κ3) is 2.93. The molecule has 0 unspecified atom stereocenters. The monoisotopic (exact) mass is 402 g/mol. The zero-order valence-corrected chi connectivity index (χ0v) is 17.0. The maximum absolute atomic E-state index is 13.1. The number of nitrogens with zero attached hydrogens (tertiary/aromatic N) is 1. The van der Waals surface area contributed by atoms with Gasteiger partial charge in [-0.2, -0.15) is 0 Å². The van der Waals surface area contributed by atoms with Gasteiger partial charge in [0.25, 0.3) is 0 Å². The van der Waals surface area contributed by atoms with Crippen molar-refractivity contribution >= 4 is 27.5 Å². The summed E-state index contributed by atoms with van der Waals surface area (Å²) < 4.78 is 2.10. The van der Waals surface area contributed by atoms with Gasteiger partial charge in [0.05, 0.1) is 11.6 Å². The second kappa shape index (κ2) is 7.13. The van der Waals surface area contributed by atoms with E-state index in [0.717, 1.165) is 16.6 Å². The standard InChI is InChI=1S/C28H22N2O/c31-27-18-25(22-14-7-10-19-8-1-3-11-21(19)22)28(24-13-5-4-12-23(24)27)29-30-17-16-20-9-2-6-15-26(20)30/h1-17,25,28-29H,18H2/t25-,28+/m0/s1. The van der Waals surface area contributed by atoms with Gasteiger partial charge in [0.2, 0.25) is 0 Å². The summed E-state index contributed by atoms with van der Waals surface area (Å²) in [4.78, 5) is 13.1. The van der Waals surface area contributed by atoms with Crippen molar-refractivity contribution in [1.82, 2.24) is 4.68 Å². The van der Waals surface area contributed by atoms with Crippen LogP contribution in [0.25, 0.3) is 21.7 Å². The molecule has 1 aromatic heterocycles. The highest BCUT2D eigenvalue weighted by atomic mass is 16.1. The van der Waals surface area contributed by atoms with E-state index < -0.39 is 0 Å². The average molecular weight is 402 g/mol. The van der Waals surface area contributed by atoms with Crippen LogP contribution in [0.15, 0.2) is 103 Å². The van der Waals surface area contributed by atoms with E-state index in [4.69, 9.17) is 0 Å². The highest BCUT2D eigenvalue weighted by Gasteiger charge is 2.36. The van der Waals surface area contributed by atoms with Crippen molar-refractivity contribution in [3.8, 4) is 0 Å². The molecule has 150 valence electrons. The smallest absolute Gasteiger partial charge is 0.163 e. The van der Waals surface area contributed by atoms with Gasteiger partial charge in [-0.1, -0.05) is 84.9 Å². The first kappa shape index (κ1) is 18.0. The number of hydrogen-bond acceptors (Lipinski definition) is 2. The van der Waals surface area contributed by atoms with E-state index in [2.05, 4.69) is 95.2 Å². The minimum Gasteiger partial charge on any atom is -0.318 e. The molecule has 1 heterocycles. The fraction of sp³-hybridized carbons (Fsp3) is 0.107. The normalized spacial score (nSPS) is 18.3. The van der Waals surface area contributed by atoms with Gasteiger partial charge in [-0.05, 0) is 34.0 Å². The molecule has 1 N–H and O–H groups in total. The largest absolute Gasteiger partial charge is 0.318 e. The van der Waals surface area contributed by atoms with E-state index in [0.29, 0.717) is 6.42 Å². The fourth-order valence-electron chi connectivity index (χ4n) is 5.03. The Kier molecular flexibility index (Phi) is 4.13. The summed E-state index contributed by atoms with van der Waals surface area (Å²) in [5.74, 6) is 0.249. The van der Waals surface area contributed by atoms with Crippen molar-refractivity contribution in [2.24, 2.45) is 0 Å². The molecular formula is C28H22N2O. The van der Waals surface area contributed by atoms with Gasteiger partial charge in [-0.15, -0.1) is 0 Å². The second-order valence-electron chi connectivity index (χ2n) is 8.24. The number of Topliss-reactive ketones (excluding diaryl/α,β-unsaturated/α-hetero) is 1. The minimum absolute atomic E-state index is 0.0180. The molecule has 0 saturated heterocycles. The van der Waals surface area contributed by atoms with Crippen LogP contribution in [0.2, 0.25) is 0 Å². The molecule has 0 fully saturated rings. The number of fused-ring (bicyclic) bond motifs is 3. The van der Waals surface area contributed by atoms with Crippen molar-refractivity contribution in [3.63, 3.8) is 0 Å². The second-order valence-corrected chi connectivity index (χ2v) is 8.24. The number of rotatable bonds is 3. The summed E-state index contributed by atoms with van der Waals surface area (Å²) in [7, 11) is 0. The van der Waals surface area contributed by atoms with E-state index >= 15 is 0 Å². The molecule has 0 spiro atoms. The SMILES string of the molecule is O=C1C[C@@H](c2cccc3ccccc23)[C@H](Nn2ccc3ccccc32)c2ccccc21. The van der Waals surface area contributed by atoms with Crippen LogP contribution >= 0.6 is 0 Å². The summed E-state index contributed by atoms with van der Waals surface area (Å²) in [5.41, 5.74) is 8.00. The summed E-state index contributed by atoms with van der Waals surface area (Å²) >= 11 is 0. The average Bonchev–Trinajstić information content (AvgIpc) is 3.23. The maximum atomic E-state index is 13.1. The number of hydrogen-bond donors (Lipinski definition) is 1. The van der Waals surface area contributed by atoms with Gasteiger partial charge < -0.3 is 5.43 Å². The molecule has 0 aliphatic heterocycles. The third-order valence-electron chi connectivity index (χ3n) is 6.50. The Bertz CT molecular complexity index is 1430. The maximum Gasteiger partial charge on any atom is 0.163 e. The number of aromatic nitrogens is 1. The van der Waals surface area contributed by atoms with E-state index in [1.807, 2.05) is 18.2 Å². The number of carbonyl (C=O) groups is 1. The van der Waals surface area contributed by atoms with Crippen molar-refractivity contribution in [2.45, 2.75) is 18.4 Å². The lowest BCUT2D eigenvalue weighted by Crippen LogP contribution is -2.32. The molecule has 3 heteroatoms. The van der Waals surface area contributed by atoms with Gasteiger partial charge in [0.1, 0.15) is 0 Å². The summed E-state index contributed by atoms with van der Waals surface area (Å²) in [6.07, 6.45) is 2.56. The highest BCUT2D eigenvalue weighted by molar-refractivity contribution is 6.00. The van der Waals surface area contributed by atoms with E-state index in [-0.39, 0.29) is 17.7 Å². The van der Waals surface area contributed by atoms with Crippen LogP contribution in [0.1, 0.15) is 39.9 Å². The van der Waals surface area contributed by atoms with Crippen molar-refractivity contribution in [3.05, 3.63) is 120 Å². The van der Waals surface area contributed by atoms with Crippen molar-refractivity contribution in [2.75, 3.05) is 5.43 Å². The number of ketones is 1. The summed E-state index contributed by atoms with van der Waals surface area (Å²) in [6, 6.07) is 33.3. The number of carbonyl (C=O) groups excluding carboxylic acids is 1. The zero-order valence-electron chi connectivity index (χ0n) is 17.0. The first-order valence-electron chi connectivity index (χ1n) is 10.7. The molecule has 6 rings (SSSR count). The van der Waals surface area contributed by atoms with Crippen molar-refractivity contribution in [1.29, 1.82) is 0 Å². The molecule has 31 heavy (non-hydrogen) atoms. The third-order valence-corrected chi connectivity index (χ3v) is 6.50. The Labute approximate surface area is 180 Å². The van der Waals surface area contributed by atoms with E-state index in [9.17, 15) is 4.79 Å². The fourth-order valence-corrected chi connectivity index (χ4v) is 5.03. The van der Waals surface area contributed by atoms with Gasteiger partial charge in [0.15, 0.2) is 5.78 Å². The molecule has 0 bridgehead atoms. The molecule has 0 amide bonds. The molecular weight excluding hydrogens is 380 g/mol. The quantitative estimate of drug-likeness (QED) is 0.376. The summed E-state index contributed by atoms with van der Waals surface area (Å²) in [5, 5.41) is 3.61. The lowest BCUT2D eigenvalue weighted by Gasteiger charge is -2.35. The summed E-state index contributed by atoms with van der Waals surface area (Å²) in [6.45, 7) is 0. The lowest BCUT2D eigenvalue weighted by atomic mass is 9.75. The molecule has 1 aliphatic rings. The number of para-hydroxylation sites is 1.